The lowest BCUT2D eigenvalue weighted by atomic mass is 9.85. The van der Waals surface area contributed by atoms with E-state index in [1.165, 1.54) is 13.1 Å². The number of aromatic nitrogens is 1. The van der Waals surface area contributed by atoms with Crippen molar-refractivity contribution in [1.82, 2.24) is 15.6 Å². The Kier molecular flexibility index (Phi) is 3.77. The number of rotatable bonds is 3. The topological polar surface area (TPSA) is 67.2 Å². The highest BCUT2D eigenvalue weighted by molar-refractivity contribution is 5.84. The number of halogens is 3. The summed E-state index contributed by atoms with van der Waals surface area (Å²) in [7, 11) is 0. The Bertz CT molecular complexity index is 492. The number of carbonyl (C=O) groups is 1. The van der Waals surface area contributed by atoms with Gasteiger partial charge < -0.3 is 15.1 Å². The Labute approximate surface area is 113 Å². The summed E-state index contributed by atoms with van der Waals surface area (Å²) in [5, 5.41) is 4.94. The van der Waals surface area contributed by atoms with Gasteiger partial charge in [0, 0.05) is 6.54 Å². The zero-order chi connectivity index (χ0) is 15.0. The van der Waals surface area contributed by atoms with E-state index in [-0.39, 0.29) is 18.9 Å². The van der Waals surface area contributed by atoms with Crippen molar-refractivity contribution in [3.05, 3.63) is 17.8 Å². The third-order valence-corrected chi connectivity index (χ3v) is 3.49. The van der Waals surface area contributed by atoms with Gasteiger partial charge in [-0.25, -0.2) is 4.98 Å². The van der Waals surface area contributed by atoms with Crippen molar-refractivity contribution in [2.45, 2.75) is 32.5 Å². The number of amides is 1. The highest BCUT2D eigenvalue weighted by atomic mass is 19.4. The molecule has 0 saturated carbocycles. The zero-order valence-corrected chi connectivity index (χ0v) is 11.2. The summed E-state index contributed by atoms with van der Waals surface area (Å²) in [5.41, 5.74) is -2.37. The lowest BCUT2D eigenvalue weighted by Crippen LogP contribution is -2.52. The molecule has 2 N–H and O–H groups in total. The number of nitrogens with one attached hydrogen (secondary N) is 2. The first-order valence-electron chi connectivity index (χ1n) is 6.27. The fourth-order valence-corrected chi connectivity index (χ4v) is 2.23. The van der Waals surface area contributed by atoms with Crippen LogP contribution in [-0.2, 0) is 4.79 Å². The van der Waals surface area contributed by atoms with Crippen molar-refractivity contribution in [2.24, 2.45) is 5.41 Å². The number of alkyl halides is 3. The van der Waals surface area contributed by atoms with E-state index in [0.29, 0.717) is 5.76 Å². The van der Waals surface area contributed by atoms with Crippen LogP contribution in [0.3, 0.4) is 0 Å². The number of nitrogens with zero attached hydrogens (tertiary/aromatic N) is 1. The Balaban J connectivity index is 2.14. The number of hydrogen-bond acceptors (Lipinski definition) is 4. The highest BCUT2D eigenvalue weighted by Crippen LogP contribution is 2.43. The molecule has 2 unspecified atom stereocenters. The summed E-state index contributed by atoms with van der Waals surface area (Å²) in [5.74, 6) is -0.313. The van der Waals surface area contributed by atoms with Crippen LogP contribution < -0.4 is 10.6 Å². The van der Waals surface area contributed by atoms with Gasteiger partial charge in [-0.2, -0.15) is 13.2 Å². The van der Waals surface area contributed by atoms with E-state index in [0.717, 1.165) is 0 Å². The van der Waals surface area contributed by atoms with E-state index in [1.807, 2.05) is 0 Å². The van der Waals surface area contributed by atoms with Gasteiger partial charge in [0.1, 0.15) is 11.8 Å². The van der Waals surface area contributed by atoms with Crippen LogP contribution in [0.15, 0.2) is 10.6 Å². The van der Waals surface area contributed by atoms with Gasteiger partial charge in [0.05, 0.1) is 6.20 Å². The largest absolute Gasteiger partial charge is 0.444 e. The van der Waals surface area contributed by atoms with Crippen LogP contribution in [0.4, 0.5) is 13.2 Å². The van der Waals surface area contributed by atoms with E-state index < -0.39 is 30.1 Å². The van der Waals surface area contributed by atoms with Crippen molar-refractivity contribution < 1.29 is 22.4 Å². The molecule has 0 aliphatic carbocycles. The van der Waals surface area contributed by atoms with Crippen LogP contribution in [-0.4, -0.2) is 30.2 Å². The summed E-state index contributed by atoms with van der Waals surface area (Å²) in [6.45, 7) is 2.97. The predicted octanol–water partition coefficient (Wildman–Crippen LogP) is 1.70. The van der Waals surface area contributed by atoms with E-state index in [4.69, 9.17) is 4.42 Å². The Morgan fingerprint density at radius 2 is 2.30 bits per heavy atom. The first-order valence-corrected chi connectivity index (χ1v) is 6.27. The Morgan fingerprint density at radius 3 is 2.75 bits per heavy atom. The normalized spacial score (nSPS) is 24.6. The molecule has 1 aromatic rings. The maximum Gasteiger partial charge on any atom is 0.404 e. The van der Waals surface area contributed by atoms with Gasteiger partial charge in [-0.1, -0.05) is 0 Å². The molecule has 2 rings (SSSR count). The van der Waals surface area contributed by atoms with Crippen LogP contribution in [0.2, 0.25) is 0 Å². The second-order valence-electron chi connectivity index (χ2n) is 5.01. The fraction of sp³-hybridized carbons (Fsp3) is 0.667. The Hall–Kier alpha value is -1.57. The molecule has 1 fully saturated rings. The van der Waals surface area contributed by atoms with Crippen molar-refractivity contribution in [1.29, 1.82) is 0 Å². The van der Waals surface area contributed by atoms with Gasteiger partial charge >= 0.3 is 6.18 Å². The molecule has 8 heteroatoms. The van der Waals surface area contributed by atoms with Crippen LogP contribution in [0.5, 0.6) is 0 Å². The highest BCUT2D eigenvalue weighted by Gasteiger charge is 2.61. The fourth-order valence-electron chi connectivity index (χ4n) is 2.23. The van der Waals surface area contributed by atoms with Crippen molar-refractivity contribution in [3.63, 3.8) is 0 Å². The molecule has 0 spiro atoms. The standard InChI is InChI=1S/C12H16F3N3O2/c1-7-5-17-9(20-7)8(2)18-10(19)11(12(13,14)15)3-4-16-6-11/h5,8,16H,3-4,6H2,1-2H3,(H,18,19). The Morgan fingerprint density at radius 1 is 1.60 bits per heavy atom. The molecule has 5 nitrogen and oxygen atoms in total. The van der Waals surface area contributed by atoms with E-state index in [9.17, 15) is 18.0 Å². The maximum absolute atomic E-state index is 13.2. The van der Waals surface area contributed by atoms with Crippen LogP contribution in [0.1, 0.15) is 31.0 Å². The van der Waals surface area contributed by atoms with Gasteiger partial charge in [0.15, 0.2) is 5.41 Å². The van der Waals surface area contributed by atoms with Crippen LogP contribution in [0.25, 0.3) is 0 Å². The number of aryl methyl sites for hydroxylation is 1. The SMILES string of the molecule is Cc1cnc(C(C)NC(=O)C2(C(F)(F)F)CCNC2)o1. The third kappa shape index (κ3) is 2.52. The molecular formula is C12H16F3N3O2. The minimum Gasteiger partial charge on any atom is -0.444 e. The van der Waals surface area contributed by atoms with Gasteiger partial charge in [-0.15, -0.1) is 0 Å². The van der Waals surface area contributed by atoms with Crippen LogP contribution in [0, 0.1) is 12.3 Å². The van der Waals surface area contributed by atoms with Gasteiger partial charge in [-0.3, -0.25) is 4.79 Å². The van der Waals surface area contributed by atoms with Crippen molar-refractivity contribution in [2.75, 3.05) is 13.1 Å². The first-order chi connectivity index (χ1) is 9.26. The minimum absolute atomic E-state index is 0.166. The smallest absolute Gasteiger partial charge is 0.404 e. The molecular weight excluding hydrogens is 275 g/mol. The van der Waals surface area contributed by atoms with Gasteiger partial charge in [0.2, 0.25) is 11.8 Å². The second kappa shape index (κ2) is 5.08. The molecule has 0 radical (unpaired) electrons. The van der Waals surface area contributed by atoms with E-state index in [1.54, 1.807) is 6.92 Å². The number of carbonyl (C=O) groups excluding carboxylic acids is 1. The van der Waals surface area contributed by atoms with Gasteiger partial charge in [0.25, 0.3) is 0 Å². The van der Waals surface area contributed by atoms with Gasteiger partial charge in [-0.05, 0) is 26.8 Å². The monoisotopic (exact) mass is 291 g/mol. The number of oxazole rings is 1. The third-order valence-electron chi connectivity index (χ3n) is 3.49. The summed E-state index contributed by atoms with van der Waals surface area (Å²) >= 11 is 0. The molecule has 20 heavy (non-hydrogen) atoms. The molecule has 0 aromatic carbocycles. The predicted molar refractivity (Wildman–Crippen MR) is 63.8 cm³/mol. The summed E-state index contributed by atoms with van der Waals surface area (Å²) < 4.78 is 44.8. The quantitative estimate of drug-likeness (QED) is 0.889. The minimum atomic E-state index is -4.59. The van der Waals surface area contributed by atoms with Crippen molar-refractivity contribution >= 4 is 5.91 Å². The maximum atomic E-state index is 13.2. The lowest BCUT2D eigenvalue weighted by Gasteiger charge is -2.30. The summed E-state index contributed by atoms with van der Waals surface area (Å²) in [6, 6.07) is -0.712. The zero-order valence-electron chi connectivity index (χ0n) is 11.2. The molecule has 2 atom stereocenters. The molecule has 0 bridgehead atoms. The van der Waals surface area contributed by atoms with Crippen molar-refractivity contribution in [3.8, 4) is 0 Å². The number of hydrogen-bond donors (Lipinski definition) is 2. The average molecular weight is 291 g/mol. The molecule has 1 saturated heterocycles. The first kappa shape index (κ1) is 14.8. The molecule has 1 aliphatic rings. The average Bonchev–Trinajstić information content (AvgIpc) is 2.96. The van der Waals surface area contributed by atoms with Crippen LogP contribution >= 0.6 is 0 Å². The molecule has 1 amide bonds. The van der Waals surface area contributed by atoms with E-state index >= 15 is 0 Å². The summed E-state index contributed by atoms with van der Waals surface area (Å²) in [4.78, 5) is 16.0. The second-order valence-corrected chi connectivity index (χ2v) is 5.01. The van der Waals surface area contributed by atoms with E-state index in [2.05, 4.69) is 15.6 Å². The molecule has 2 heterocycles. The molecule has 1 aliphatic heterocycles. The molecule has 112 valence electrons. The lowest BCUT2D eigenvalue weighted by molar-refractivity contribution is -0.216. The molecule has 1 aromatic heterocycles. The summed E-state index contributed by atoms with van der Waals surface area (Å²) in [6.07, 6.45) is -3.40.